The summed E-state index contributed by atoms with van der Waals surface area (Å²) in [6.07, 6.45) is 5.79. The predicted molar refractivity (Wildman–Crippen MR) is 282 cm³/mol. The Bertz CT molecular complexity index is 3080. The minimum absolute atomic E-state index is 0. The van der Waals surface area contributed by atoms with Crippen molar-refractivity contribution in [3.05, 3.63) is 127 Å². The van der Waals surface area contributed by atoms with Crippen molar-refractivity contribution in [2.24, 2.45) is 5.73 Å². The largest absolute Gasteiger partial charge is 0.444 e. The molecule has 3 saturated carbocycles. The third-order valence-corrected chi connectivity index (χ3v) is 12.2. The van der Waals surface area contributed by atoms with Gasteiger partial charge in [-0.25, -0.2) is 27.2 Å². The highest BCUT2D eigenvalue weighted by molar-refractivity contribution is 5.99. The minimum atomic E-state index is -3.01. The van der Waals surface area contributed by atoms with Crippen molar-refractivity contribution >= 4 is 48.1 Å². The molecule has 0 saturated heterocycles. The number of alkyl carbamates (subject to hydrolysis) is 2. The first-order chi connectivity index (χ1) is 37.2. The standard InChI is InChI=1S/C19H23F2N5O3.C19H23N5O4.C14H15F2N5O.ClH/c1-18(2,3)29-17(28)25-14-11-19(20,21)10-13(14)24-16(27)12-6-4-5-7-15(12)26-22-8-9-23-26;1-19(2,3)28-18(27)23-15-11-12(25)10-14(15)22-17(26)13-6-4-5-7-16(13)24-20-8-9-21-24;15-14(16)7-10(17)11(8-14)20-13(22)9-3-1-2-4-12(9)21-18-5-6-19-21;/h4-9,13-14H,10-11H2,1-3H3,(H,24,27)(H,25,28);4-9,14-15H,10-11H2,1-3H3,(H,22,26)(H,23,27);1-6,10-11H,7-8,17H2,(H,20,22);1H. The van der Waals surface area contributed by atoms with Crippen LogP contribution in [0.15, 0.2) is 110 Å². The molecule has 3 aromatic heterocycles. The van der Waals surface area contributed by atoms with E-state index in [1.54, 1.807) is 114 Å². The fraction of sp³-hybridized carbons (Fsp3) is 0.423. The van der Waals surface area contributed by atoms with Crippen LogP contribution in [0.25, 0.3) is 17.1 Å². The summed E-state index contributed by atoms with van der Waals surface area (Å²) in [5.74, 6) is -7.28. The normalized spacial score (nSPS) is 20.8. The lowest BCUT2D eigenvalue weighted by atomic mass is 10.1. The van der Waals surface area contributed by atoms with Gasteiger partial charge < -0.3 is 41.8 Å². The number of nitrogens with two attached hydrogens (primary N) is 1. The third kappa shape index (κ3) is 16.8. The van der Waals surface area contributed by atoms with Crippen molar-refractivity contribution in [1.82, 2.24) is 71.6 Å². The molecular weight excluding hydrogens is 1070 g/mol. The molecule has 0 spiro atoms. The van der Waals surface area contributed by atoms with Crippen molar-refractivity contribution in [1.29, 1.82) is 0 Å². The van der Waals surface area contributed by atoms with Crippen molar-refractivity contribution < 1.29 is 55.8 Å². The number of alkyl halides is 4. The predicted octanol–water partition coefficient (Wildman–Crippen LogP) is 5.85. The van der Waals surface area contributed by atoms with Gasteiger partial charge in [-0.2, -0.15) is 45.0 Å². The number of Topliss-reactive ketones (excluding diaryl/α,β-unsaturated/α-hetero) is 1. The van der Waals surface area contributed by atoms with Gasteiger partial charge in [0.1, 0.15) is 17.0 Å². The van der Waals surface area contributed by atoms with Gasteiger partial charge in [-0.1, -0.05) is 36.4 Å². The van der Waals surface area contributed by atoms with Crippen molar-refractivity contribution in [2.45, 2.75) is 139 Å². The Morgan fingerprint density at radius 3 is 1.12 bits per heavy atom. The van der Waals surface area contributed by atoms with Gasteiger partial charge in [-0.3, -0.25) is 19.2 Å². The number of nitrogens with one attached hydrogen (secondary N) is 5. The van der Waals surface area contributed by atoms with Crippen LogP contribution in [0.1, 0.15) is 111 Å². The smallest absolute Gasteiger partial charge is 0.407 e. The summed E-state index contributed by atoms with van der Waals surface area (Å²) < 4.78 is 65.1. The van der Waals surface area contributed by atoms with Gasteiger partial charge in [-0.05, 0) is 77.9 Å². The molecule has 28 heteroatoms. The van der Waals surface area contributed by atoms with E-state index in [0.717, 1.165) is 0 Å². The first kappa shape index (κ1) is 60.9. The Labute approximate surface area is 462 Å². The molecule has 6 aromatic rings. The highest BCUT2D eigenvalue weighted by Gasteiger charge is 2.48. The number of para-hydroxylation sites is 3. The molecule has 6 atom stereocenters. The number of aromatic nitrogens is 9. The third-order valence-electron chi connectivity index (χ3n) is 12.2. The number of halogens is 5. The number of ether oxygens (including phenoxy) is 2. The van der Waals surface area contributed by atoms with E-state index in [4.69, 9.17) is 15.2 Å². The summed E-state index contributed by atoms with van der Waals surface area (Å²) in [7, 11) is 0. The van der Waals surface area contributed by atoms with Crippen molar-refractivity contribution in [2.75, 3.05) is 0 Å². The summed E-state index contributed by atoms with van der Waals surface area (Å²) in [6.45, 7) is 10.3. The zero-order valence-electron chi connectivity index (χ0n) is 44.4. The lowest BCUT2D eigenvalue weighted by Gasteiger charge is -2.25. The molecule has 3 aliphatic rings. The molecule has 3 fully saturated rings. The molecule has 0 bridgehead atoms. The second-order valence-electron chi connectivity index (χ2n) is 20.9. The number of ketones is 1. The Hall–Kier alpha value is -8.33. The number of carbonyl (C=O) groups excluding carboxylic acids is 6. The number of benzene rings is 3. The number of nitrogens with zero attached hydrogens (tertiary/aromatic N) is 9. The number of hydrogen-bond acceptors (Lipinski definition) is 15. The zero-order chi connectivity index (χ0) is 57.3. The Morgan fingerprint density at radius 2 is 0.775 bits per heavy atom. The molecule has 3 aliphatic carbocycles. The SMILES string of the molecule is CC(C)(C)OC(=O)NC1CC(=O)CC1NC(=O)c1ccccc1-n1nccn1.CC(C)(C)OC(=O)NC1CC(F)(F)CC1NC(=O)c1ccccc1-n1nccn1.Cl.NC1CC(F)(F)CC1NC(=O)c1ccccc1-n1nccn1. The van der Waals surface area contributed by atoms with Crippen LogP contribution in [-0.2, 0) is 14.3 Å². The molecular formula is C52H62ClF4N15O8. The monoisotopic (exact) mass is 1140 g/mol. The van der Waals surface area contributed by atoms with Crippen LogP contribution < -0.4 is 32.3 Å². The van der Waals surface area contributed by atoms with E-state index < -0.39 is 109 Å². The molecule has 80 heavy (non-hydrogen) atoms. The van der Waals surface area contributed by atoms with E-state index in [9.17, 15) is 46.3 Å². The molecule has 6 unspecified atom stereocenters. The minimum Gasteiger partial charge on any atom is -0.444 e. The van der Waals surface area contributed by atoms with Gasteiger partial charge in [0.2, 0.25) is 0 Å². The average molecular weight is 1140 g/mol. The lowest BCUT2D eigenvalue weighted by molar-refractivity contribution is -0.117. The quantitative estimate of drug-likeness (QED) is 0.0829. The maximum Gasteiger partial charge on any atom is 0.407 e. The van der Waals surface area contributed by atoms with Crippen LogP contribution in [0.5, 0.6) is 0 Å². The van der Waals surface area contributed by atoms with Gasteiger partial charge in [-0.15, -0.1) is 12.4 Å². The summed E-state index contributed by atoms with van der Waals surface area (Å²) in [6, 6.07) is 15.7. The zero-order valence-corrected chi connectivity index (χ0v) is 45.2. The van der Waals surface area contributed by atoms with Gasteiger partial charge in [0, 0.05) is 44.6 Å². The second kappa shape index (κ2) is 25.6. The summed E-state index contributed by atoms with van der Waals surface area (Å²) >= 11 is 0. The van der Waals surface area contributed by atoms with Gasteiger partial charge in [0.15, 0.2) is 0 Å². The summed E-state index contributed by atoms with van der Waals surface area (Å²) in [4.78, 5) is 78.0. The van der Waals surface area contributed by atoms with Crippen LogP contribution in [0.3, 0.4) is 0 Å². The molecule has 0 aliphatic heterocycles. The average Bonchev–Trinajstić information content (AvgIpc) is 4.25. The summed E-state index contributed by atoms with van der Waals surface area (Å²) in [5.41, 5.74) is 6.59. The first-order valence-electron chi connectivity index (χ1n) is 25.0. The fourth-order valence-electron chi connectivity index (χ4n) is 8.87. The number of hydrogen-bond donors (Lipinski definition) is 6. The molecule has 3 aromatic carbocycles. The first-order valence-corrected chi connectivity index (χ1v) is 25.0. The molecule has 9 rings (SSSR count). The molecule has 23 nitrogen and oxygen atoms in total. The number of carbonyl (C=O) groups is 6. The Morgan fingerprint density at radius 1 is 0.487 bits per heavy atom. The van der Waals surface area contributed by atoms with E-state index in [1.165, 1.54) is 51.6 Å². The number of rotatable bonds is 11. The fourth-order valence-corrected chi connectivity index (χ4v) is 8.87. The molecule has 5 amide bonds. The van der Waals surface area contributed by atoms with E-state index in [0.29, 0.717) is 28.2 Å². The molecule has 428 valence electrons. The van der Waals surface area contributed by atoms with Crippen LogP contribution in [0.2, 0.25) is 0 Å². The van der Waals surface area contributed by atoms with Crippen molar-refractivity contribution in [3.63, 3.8) is 0 Å². The Balaban J connectivity index is 0.000000194. The van der Waals surface area contributed by atoms with Crippen LogP contribution in [0.4, 0.5) is 27.2 Å². The van der Waals surface area contributed by atoms with Crippen molar-refractivity contribution in [3.8, 4) is 17.1 Å². The van der Waals surface area contributed by atoms with E-state index in [2.05, 4.69) is 57.2 Å². The van der Waals surface area contributed by atoms with E-state index >= 15 is 0 Å². The van der Waals surface area contributed by atoms with Crippen LogP contribution >= 0.6 is 12.4 Å². The second-order valence-corrected chi connectivity index (χ2v) is 20.9. The summed E-state index contributed by atoms with van der Waals surface area (Å²) in [5, 5.41) is 37.3. The maximum absolute atomic E-state index is 14.0. The number of amides is 5. The molecule has 0 radical (unpaired) electrons. The van der Waals surface area contributed by atoms with Crippen LogP contribution in [0, 0.1) is 0 Å². The van der Waals surface area contributed by atoms with Gasteiger partial charge >= 0.3 is 12.2 Å². The van der Waals surface area contributed by atoms with Gasteiger partial charge in [0.05, 0.1) is 101 Å². The topological polar surface area (TPSA) is 299 Å². The van der Waals surface area contributed by atoms with E-state index in [1.807, 2.05) is 0 Å². The highest BCUT2D eigenvalue weighted by Crippen LogP contribution is 2.36. The highest BCUT2D eigenvalue weighted by atomic mass is 35.5. The molecule has 3 heterocycles. The van der Waals surface area contributed by atoms with Gasteiger partial charge in [0.25, 0.3) is 29.6 Å². The van der Waals surface area contributed by atoms with E-state index in [-0.39, 0.29) is 42.5 Å². The molecule has 7 N–H and O–H groups in total. The Kier molecular flexibility index (Phi) is 19.5. The lowest BCUT2D eigenvalue weighted by Crippen LogP contribution is -2.49. The van der Waals surface area contributed by atoms with Crippen LogP contribution in [-0.4, -0.2) is 140 Å². The maximum atomic E-state index is 14.0.